The molecule has 4 saturated heterocycles. The number of hydrogen-bond acceptors (Lipinski definition) is 3. The fourth-order valence-electron chi connectivity index (χ4n) is 6.72. The lowest BCUT2D eigenvalue weighted by atomic mass is 9.69. The minimum Gasteiger partial charge on any atom is -0.375 e. The first-order valence-electron chi connectivity index (χ1n) is 12.4. The van der Waals surface area contributed by atoms with Crippen LogP contribution in [0.1, 0.15) is 75.6 Å². The van der Waals surface area contributed by atoms with E-state index in [-0.39, 0.29) is 29.5 Å². The van der Waals surface area contributed by atoms with Gasteiger partial charge < -0.3 is 14.5 Å². The van der Waals surface area contributed by atoms with Crippen LogP contribution in [0.15, 0.2) is 42.0 Å². The van der Waals surface area contributed by atoms with Crippen LogP contribution < -0.4 is 0 Å². The van der Waals surface area contributed by atoms with Crippen molar-refractivity contribution in [1.82, 2.24) is 9.80 Å². The van der Waals surface area contributed by atoms with Crippen LogP contribution in [-0.2, 0) is 9.53 Å². The summed E-state index contributed by atoms with van der Waals surface area (Å²) in [5.41, 5.74) is 1.48. The fraction of sp³-hybridized carbons (Fsp3) is 0.630. The van der Waals surface area contributed by atoms with Gasteiger partial charge in [0.05, 0.1) is 11.0 Å². The van der Waals surface area contributed by atoms with Crippen molar-refractivity contribution in [3.63, 3.8) is 0 Å². The Morgan fingerprint density at radius 2 is 1.84 bits per heavy atom. The Morgan fingerprint density at radius 3 is 2.50 bits per heavy atom. The average Bonchev–Trinajstić information content (AvgIpc) is 3.52. The summed E-state index contributed by atoms with van der Waals surface area (Å²) in [7, 11) is 0. The SMILES string of the molecule is CC(C)=CC[C@]1(C(=O)N2CCC3(CCCO3)CC2)C[C@H]2CC[C@@H]1N2C(=O)c1ccccc1. The molecule has 4 heterocycles. The van der Waals surface area contributed by atoms with Gasteiger partial charge >= 0.3 is 0 Å². The molecule has 4 aliphatic rings. The van der Waals surface area contributed by atoms with Crippen LogP contribution in [0.4, 0.5) is 0 Å². The van der Waals surface area contributed by atoms with Gasteiger partial charge in [0, 0.05) is 37.3 Å². The normalized spacial score (nSPS) is 30.7. The van der Waals surface area contributed by atoms with Crippen molar-refractivity contribution in [2.45, 2.75) is 82.9 Å². The summed E-state index contributed by atoms with van der Waals surface area (Å²) in [6.45, 7) is 6.61. The third-order valence-corrected chi connectivity index (χ3v) is 8.44. The molecule has 5 nitrogen and oxygen atoms in total. The van der Waals surface area contributed by atoms with Crippen LogP contribution in [0.5, 0.6) is 0 Å². The lowest BCUT2D eigenvalue weighted by Crippen LogP contribution is -2.55. The van der Waals surface area contributed by atoms with Gasteiger partial charge in [-0.15, -0.1) is 0 Å². The van der Waals surface area contributed by atoms with E-state index in [0.29, 0.717) is 0 Å². The van der Waals surface area contributed by atoms with Gasteiger partial charge in [-0.2, -0.15) is 0 Å². The molecule has 0 aliphatic carbocycles. The third-order valence-electron chi connectivity index (χ3n) is 8.44. The Labute approximate surface area is 191 Å². The first kappa shape index (κ1) is 21.7. The summed E-state index contributed by atoms with van der Waals surface area (Å²) in [6.07, 6.45) is 9.81. The zero-order chi connectivity index (χ0) is 22.3. The Bertz CT molecular complexity index is 891. The molecule has 4 aliphatic heterocycles. The van der Waals surface area contributed by atoms with Crippen LogP contribution >= 0.6 is 0 Å². The van der Waals surface area contributed by atoms with E-state index in [0.717, 1.165) is 76.6 Å². The summed E-state index contributed by atoms with van der Waals surface area (Å²) in [6, 6.07) is 9.72. The lowest BCUT2D eigenvalue weighted by Gasteiger charge is -2.44. The van der Waals surface area contributed by atoms with Crippen molar-refractivity contribution in [3.8, 4) is 0 Å². The lowest BCUT2D eigenvalue weighted by molar-refractivity contribution is -0.148. The van der Waals surface area contributed by atoms with Gasteiger partial charge in [0.1, 0.15) is 0 Å². The number of nitrogens with zero attached hydrogens (tertiary/aromatic N) is 2. The number of hydrogen-bond donors (Lipinski definition) is 0. The van der Waals surface area contributed by atoms with Crippen LogP contribution in [0.25, 0.3) is 0 Å². The molecule has 4 fully saturated rings. The number of fused-ring (bicyclic) bond motifs is 2. The predicted octanol–water partition coefficient (Wildman–Crippen LogP) is 4.58. The maximum Gasteiger partial charge on any atom is 0.254 e. The van der Waals surface area contributed by atoms with Gasteiger partial charge in [0.15, 0.2) is 0 Å². The highest BCUT2D eigenvalue weighted by atomic mass is 16.5. The molecule has 0 unspecified atom stereocenters. The number of ether oxygens (including phenoxy) is 1. The molecule has 5 rings (SSSR count). The van der Waals surface area contributed by atoms with Gasteiger partial charge in [0.25, 0.3) is 5.91 Å². The van der Waals surface area contributed by atoms with Crippen molar-refractivity contribution in [2.24, 2.45) is 5.41 Å². The van der Waals surface area contributed by atoms with E-state index in [1.165, 1.54) is 5.57 Å². The molecule has 0 aromatic heterocycles. The topological polar surface area (TPSA) is 49.9 Å². The van der Waals surface area contributed by atoms with Crippen molar-refractivity contribution >= 4 is 11.8 Å². The molecule has 2 bridgehead atoms. The minimum absolute atomic E-state index is 0.00778. The quantitative estimate of drug-likeness (QED) is 0.649. The molecular weight excluding hydrogens is 400 g/mol. The minimum atomic E-state index is -0.494. The maximum absolute atomic E-state index is 14.2. The van der Waals surface area contributed by atoms with Gasteiger partial charge in [0.2, 0.25) is 5.91 Å². The second-order valence-electron chi connectivity index (χ2n) is 10.6. The molecule has 0 radical (unpaired) electrons. The molecular formula is C27H36N2O3. The molecule has 32 heavy (non-hydrogen) atoms. The molecule has 0 N–H and O–H groups in total. The summed E-state index contributed by atoms with van der Waals surface area (Å²) < 4.78 is 6.09. The van der Waals surface area contributed by atoms with E-state index in [1.54, 1.807) is 0 Å². The highest BCUT2D eigenvalue weighted by Gasteiger charge is 2.61. The number of carbonyl (C=O) groups is 2. The zero-order valence-corrected chi connectivity index (χ0v) is 19.5. The smallest absolute Gasteiger partial charge is 0.254 e. The summed E-state index contributed by atoms with van der Waals surface area (Å²) in [5, 5.41) is 0. The predicted molar refractivity (Wildman–Crippen MR) is 124 cm³/mol. The zero-order valence-electron chi connectivity index (χ0n) is 19.5. The molecule has 5 heteroatoms. The number of carbonyl (C=O) groups excluding carboxylic acids is 2. The number of benzene rings is 1. The molecule has 1 aromatic rings. The Morgan fingerprint density at radius 1 is 1.09 bits per heavy atom. The molecule has 3 atom stereocenters. The third kappa shape index (κ3) is 3.59. The first-order chi connectivity index (χ1) is 15.4. The number of rotatable bonds is 4. The average molecular weight is 437 g/mol. The van der Waals surface area contributed by atoms with Crippen LogP contribution in [0.3, 0.4) is 0 Å². The van der Waals surface area contributed by atoms with Crippen LogP contribution in [0.2, 0.25) is 0 Å². The van der Waals surface area contributed by atoms with Crippen molar-refractivity contribution in [3.05, 3.63) is 47.5 Å². The van der Waals surface area contributed by atoms with Gasteiger partial charge in [-0.1, -0.05) is 29.8 Å². The van der Waals surface area contributed by atoms with Crippen molar-refractivity contribution in [1.29, 1.82) is 0 Å². The number of allylic oxidation sites excluding steroid dienone is 2. The van der Waals surface area contributed by atoms with Crippen molar-refractivity contribution in [2.75, 3.05) is 19.7 Å². The van der Waals surface area contributed by atoms with E-state index < -0.39 is 5.41 Å². The van der Waals surface area contributed by atoms with E-state index in [2.05, 4.69) is 29.7 Å². The summed E-state index contributed by atoms with van der Waals surface area (Å²) in [5.74, 6) is 0.350. The Hall–Kier alpha value is -2.14. The monoisotopic (exact) mass is 436 g/mol. The fourth-order valence-corrected chi connectivity index (χ4v) is 6.72. The number of amides is 2. The summed E-state index contributed by atoms with van der Waals surface area (Å²) in [4.78, 5) is 31.8. The van der Waals surface area contributed by atoms with E-state index in [4.69, 9.17) is 4.74 Å². The largest absolute Gasteiger partial charge is 0.375 e. The van der Waals surface area contributed by atoms with E-state index in [9.17, 15) is 9.59 Å². The van der Waals surface area contributed by atoms with Crippen LogP contribution in [0, 0.1) is 5.41 Å². The molecule has 0 saturated carbocycles. The highest BCUT2D eigenvalue weighted by Crippen LogP contribution is 2.54. The first-order valence-corrected chi connectivity index (χ1v) is 12.4. The summed E-state index contributed by atoms with van der Waals surface area (Å²) >= 11 is 0. The van der Waals surface area contributed by atoms with E-state index >= 15 is 0 Å². The number of piperidine rings is 1. The molecule has 172 valence electrons. The van der Waals surface area contributed by atoms with Gasteiger partial charge in [-0.3, -0.25) is 9.59 Å². The second kappa shape index (κ2) is 8.33. The van der Waals surface area contributed by atoms with Gasteiger partial charge in [-0.05, 0) is 77.3 Å². The Kier molecular flexibility index (Phi) is 5.65. The maximum atomic E-state index is 14.2. The molecule has 1 aromatic carbocycles. The molecule has 2 amide bonds. The van der Waals surface area contributed by atoms with E-state index in [1.807, 2.05) is 30.3 Å². The Balaban J connectivity index is 1.41. The van der Waals surface area contributed by atoms with Crippen molar-refractivity contribution < 1.29 is 14.3 Å². The molecule has 1 spiro atoms. The highest BCUT2D eigenvalue weighted by molar-refractivity contribution is 5.96. The standard InChI is InChI=1S/C27H36N2O3/c1-20(2)11-13-27(25(31)28-16-14-26(15-17-28)12-6-18-32-26)19-22-9-10-23(27)29(22)24(30)21-7-4-3-5-8-21/h3-5,7-8,11,22-23H,6,9-10,12-19H2,1-2H3/t22-,23+,27+/m1/s1. The van der Waals surface area contributed by atoms with Crippen LogP contribution in [-0.4, -0.2) is 59.0 Å². The second-order valence-corrected chi connectivity index (χ2v) is 10.6. The number of likely N-dealkylation sites (tertiary alicyclic amines) is 1. The van der Waals surface area contributed by atoms with Gasteiger partial charge in [-0.25, -0.2) is 0 Å².